The lowest BCUT2D eigenvalue weighted by molar-refractivity contribution is -0.138. The van der Waals surface area contributed by atoms with E-state index in [9.17, 15) is 14.7 Å². The van der Waals surface area contributed by atoms with Gasteiger partial charge in [0.15, 0.2) is 0 Å². The molecular formula is C27H28N2O4. The molecule has 4 rings (SSSR count). The number of aliphatic carboxylic acids is 1. The van der Waals surface area contributed by atoms with Crippen LogP contribution < -0.4 is 15.0 Å². The number of fused-ring (bicyclic) bond motifs is 1. The van der Waals surface area contributed by atoms with Crippen LogP contribution in [0.3, 0.4) is 0 Å². The lowest BCUT2D eigenvalue weighted by Crippen LogP contribution is -2.48. The minimum atomic E-state index is -0.875. The number of hydrogen-bond acceptors (Lipinski definition) is 4. The van der Waals surface area contributed by atoms with E-state index >= 15 is 0 Å². The Morgan fingerprint density at radius 1 is 1.09 bits per heavy atom. The number of carboxylic acids is 1. The molecule has 170 valence electrons. The van der Waals surface area contributed by atoms with Crippen LogP contribution in [0.5, 0.6) is 5.75 Å². The normalized spacial score (nSPS) is 16.5. The summed E-state index contributed by atoms with van der Waals surface area (Å²) in [6.07, 6.45) is 0.369. The maximum absolute atomic E-state index is 13.5. The number of nitrogens with zero attached hydrogens (tertiary/aromatic N) is 1. The number of carboxylic acid groups (broad SMARTS) is 1. The molecule has 0 aromatic heterocycles. The average molecular weight is 445 g/mol. The Hall–Kier alpha value is -3.64. The standard InChI is InChI=1S/C27H28N2O4/c1-19-8-7-9-20(16-19)17-29-24-12-5-6-13-25(24)33-18-23(26(29)30)28-15-14-22(27(31)32)21-10-3-2-4-11-21/h2-13,16,22-23,28H,14-15,17-18H2,1H3,(H,31,32)/t22-,23-/m0/s1. The van der Waals surface area contributed by atoms with Crippen molar-refractivity contribution in [3.63, 3.8) is 0 Å². The van der Waals surface area contributed by atoms with Crippen molar-refractivity contribution in [2.24, 2.45) is 0 Å². The highest BCUT2D eigenvalue weighted by Crippen LogP contribution is 2.32. The van der Waals surface area contributed by atoms with Crippen LogP contribution in [0.2, 0.25) is 0 Å². The van der Waals surface area contributed by atoms with Gasteiger partial charge in [-0.05, 0) is 43.1 Å². The summed E-state index contributed by atoms with van der Waals surface area (Å²) in [6, 6.07) is 24.2. The summed E-state index contributed by atoms with van der Waals surface area (Å²) >= 11 is 0. The fourth-order valence-corrected chi connectivity index (χ4v) is 4.18. The molecule has 0 spiro atoms. The zero-order valence-electron chi connectivity index (χ0n) is 18.6. The van der Waals surface area contributed by atoms with Gasteiger partial charge in [-0.1, -0.05) is 72.3 Å². The van der Waals surface area contributed by atoms with Crippen LogP contribution in [0.1, 0.15) is 29.0 Å². The number of anilines is 1. The molecule has 0 bridgehead atoms. The summed E-state index contributed by atoms with van der Waals surface area (Å²) in [7, 11) is 0. The van der Waals surface area contributed by atoms with Crippen LogP contribution in [0.4, 0.5) is 5.69 Å². The summed E-state index contributed by atoms with van der Waals surface area (Å²) in [5, 5.41) is 12.9. The van der Waals surface area contributed by atoms with Gasteiger partial charge in [-0.25, -0.2) is 0 Å². The number of ether oxygens (including phenoxy) is 1. The summed E-state index contributed by atoms with van der Waals surface area (Å²) in [5.41, 5.74) is 3.66. The molecule has 1 aliphatic heterocycles. The number of nitrogens with one attached hydrogen (secondary N) is 1. The van der Waals surface area contributed by atoms with Crippen LogP contribution >= 0.6 is 0 Å². The Bertz CT molecular complexity index is 1120. The average Bonchev–Trinajstić information content (AvgIpc) is 2.94. The molecule has 6 nitrogen and oxygen atoms in total. The van der Waals surface area contributed by atoms with Gasteiger partial charge in [0.1, 0.15) is 18.4 Å². The minimum Gasteiger partial charge on any atom is -0.489 e. The first-order valence-electron chi connectivity index (χ1n) is 11.1. The number of benzene rings is 3. The zero-order chi connectivity index (χ0) is 23.2. The van der Waals surface area contributed by atoms with Gasteiger partial charge in [0.25, 0.3) is 0 Å². The van der Waals surface area contributed by atoms with Gasteiger partial charge in [-0.15, -0.1) is 0 Å². The molecular weight excluding hydrogens is 416 g/mol. The van der Waals surface area contributed by atoms with E-state index in [-0.39, 0.29) is 12.5 Å². The third-order valence-electron chi connectivity index (χ3n) is 5.87. The van der Waals surface area contributed by atoms with Crippen LogP contribution in [0.25, 0.3) is 0 Å². The van der Waals surface area contributed by atoms with Gasteiger partial charge in [-0.3, -0.25) is 9.59 Å². The molecule has 0 unspecified atom stereocenters. The predicted octanol–water partition coefficient (Wildman–Crippen LogP) is 4.14. The first kappa shape index (κ1) is 22.6. The van der Waals surface area contributed by atoms with Crippen molar-refractivity contribution in [3.8, 4) is 5.75 Å². The van der Waals surface area contributed by atoms with Gasteiger partial charge in [0.2, 0.25) is 5.91 Å². The first-order valence-corrected chi connectivity index (χ1v) is 11.1. The second kappa shape index (κ2) is 10.3. The number of carbonyl (C=O) groups excluding carboxylic acids is 1. The Morgan fingerprint density at radius 2 is 1.85 bits per heavy atom. The lowest BCUT2D eigenvalue weighted by Gasteiger charge is -2.25. The van der Waals surface area contributed by atoms with Crippen LogP contribution in [0, 0.1) is 6.92 Å². The summed E-state index contributed by atoms with van der Waals surface area (Å²) in [6.45, 7) is 3.02. The minimum absolute atomic E-state index is 0.0898. The van der Waals surface area contributed by atoms with Crippen molar-refractivity contribution >= 4 is 17.6 Å². The third-order valence-corrected chi connectivity index (χ3v) is 5.87. The summed E-state index contributed by atoms with van der Waals surface area (Å²) < 4.78 is 5.97. The van der Waals surface area contributed by atoms with E-state index in [1.165, 1.54) is 0 Å². The third kappa shape index (κ3) is 5.41. The van der Waals surface area contributed by atoms with Crippen molar-refractivity contribution in [2.45, 2.75) is 31.8 Å². The number of hydrogen-bond donors (Lipinski definition) is 2. The largest absolute Gasteiger partial charge is 0.489 e. The van der Waals surface area contributed by atoms with Crippen molar-refractivity contribution in [1.82, 2.24) is 5.32 Å². The molecule has 3 aromatic rings. The lowest BCUT2D eigenvalue weighted by atomic mass is 9.96. The van der Waals surface area contributed by atoms with Gasteiger partial charge in [0.05, 0.1) is 18.2 Å². The van der Waals surface area contributed by atoms with Crippen LogP contribution in [-0.2, 0) is 16.1 Å². The zero-order valence-corrected chi connectivity index (χ0v) is 18.6. The molecule has 1 aliphatic rings. The maximum atomic E-state index is 13.5. The van der Waals surface area contributed by atoms with Gasteiger partial charge in [-0.2, -0.15) is 0 Å². The predicted molar refractivity (Wildman–Crippen MR) is 128 cm³/mol. The van der Waals surface area contributed by atoms with E-state index in [0.29, 0.717) is 25.3 Å². The smallest absolute Gasteiger partial charge is 0.311 e. The number of para-hydroxylation sites is 2. The molecule has 1 heterocycles. The number of carbonyl (C=O) groups is 2. The molecule has 6 heteroatoms. The number of amides is 1. The fraction of sp³-hybridized carbons (Fsp3) is 0.259. The van der Waals surface area contributed by atoms with Gasteiger partial charge >= 0.3 is 5.97 Å². The molecule has 1 amide bonds. The molecule has 0 saturated heterocycles. The summed E-state index contributed by atoms with van der Waals surface area (Å²) in [4.78, 5) is 27.1. The molecule has 0 aliphatic carbocycles. The monoisotopic (exact) mass is 444 g/mol. The maximum Gasteiger partial charge on any atom is 0.311 e. The topological polar surface area (TPSA) is 78.9 Å². The van der Waals surface area contributed by atoms with Gasteiger partial charge in [0, 0.05) is 0 Å². The van der Waals surface area contributed by atoms with Crippen molar-refractivity contribution < 1.29 is 19.4 Å². The first-order chi connectivity index (χ1) is 16.0. The quantitative estimate of drug-likeness (QED) is 0.546. The van der Waals surface area contributed by atoms with Gasteiger partial charge < -0.3 is 20.1 Å². The number of rotatable bonds is 8. The molecule has 3 aromatic carbocycles. The summed E-state index contributed by atoms with van der Waals surface area (Å²) in [5.74, 6) is -0.940. The van der Waals surface area contributed by atoms with Crippen molar-refractivity contribution in [3.05, 3.63) is 95.6 Å². The second-order valence-corrected chi connectivity index (χ2v) is 8.29. The van der Waals surface area contributed by atoms with E-state index < -0.39 is 17.9 Å². The Labute approximate surface area is 193 Å². The van der Waals surface area contributed by atoms with E-state index in [1.807, 2.05) is 79.7 Å². The van der Waals surface area contributed by atoms with E-state index in [1.54, 1.807) is 4.90 Å². The Kier molecular flexibility index (Phi) is 7.05. The fourth-order valence-electron chi connectivity index (χ4n) is 4.18. The highest BCUT2D eigenvalue weighted by Gasteiger charge is 2.31. The molecule has 2 atom stereocenters. The van der Waals surface area contributed by atoms with Crippen molar-refractivity contribution in [1.29, 1.82) is 0 Å². The molecule has 33 heavy (non-hydrogen) atoms. The SMILES string of the molecule is Cc1cccc(CN2C(=O)[C@@H](NCC[C@H](C(=O)O)c3ccccc3)COc3ccccc32)c1. The Morgan fingerprint density at radius 3 is 2.61 bits per heavy atom. The van der Waals surface area contributed by atoms with E-state index in [4.69, 9.17) is 4.74 Å². The van der Waals surface area contributed by atoms with E-state index in [0.717, 1.165) is 22.4 Å². The molecule has 0 saturated carbocycles. The van der Waals surface area contributed by atoms with Crippen LogP contribution in [0.15, 0.2) is 78.9 Å². The molecule has 2 N–H and O–H groups in total. The Balaban J connectivity index is 1.50. The second-order valence-electron chi connectivity index (χ2n) is 8.29. The highest BCUT2D eigenvalue weighted by atomic mass is 16.5. The number of aryl methyl sites for hydroxylation is 1. The van der Waals surface area contributed by atoms with E-state index in [2.05, 4.69) is 11.4 Å². The molecule has 0 fully saturated rings. The molecule has 0 radical (unpaired) electrons. The van der Waals surface area contributed by atoms with Crippen molar-refractivity contribution in [2.75, 3.05) is 18.1 Å². The highest BCUT2D eigenvalue weighted by molar-refractivity contribution is 5.99. The van der Waals surface area contributed by atoms with Crippen LogP contribution in [-0.4, -0.2) is 36.2 Å².